The first-order chi connectivity index (χ1) is 9.83. The highest BCUT2D eigenvalue weighted by molar-refractivity contribution is 9.10. The standard InChI is InChI=1S/C16H16BrN3.ClH/c17-16-7-3-4-13(20-16)11-18-9-8-12-10-19-15-6-2-1-5-14(12)15;/h1-7,10,18-19H,8-9,11H2;1H. The summed E-state index contributed by atoms with van der Waals surface area (Å²) in [5.74, 6) is 0. The highest BCUT2D eigenvalue weighted by Gasteiger charge is 2.02. The lowest BCUT2D eigenvalue weighted by Gasteiger charge is -2.04. The number of hydrogen-bond acceptors (Lipinski definition) is 2. The summed E-state index contributed by atoms with van der Waals surface area (Å²) in [6.45, 7) is 1.73. The lowest BCUT2D eigenvalue weighted by atomic mass is 10.1. The van der Waals surface area contributed by atoms with Gasteiger partial charge in [0.15, 0.2) is 0 Å². The Balaban J connectivity index is 0.00000161. The van der Waals surface area contributed by atoms with E-state index in [0.717, 1.165) is 29.8 Å². The third kappa shape index (κ3) is 4.06. The van der Waals surface area contributed by atoms with Gasteiger partial charge in [0, 0.05) is 23.6 Å². The third-order valence-electron chi connectivity index (χ3n) is 3.32. The summed E-state index contributed by atoms with van der Waals surface area (Å²) in [5.41, 5.74) is 3.62. The molecule has 0 bridgehead atoms. The fourth-order valence-corrected chi connectivity index (χ4v) is 2.71. The van der Waals surface area contributed by atoms with Crippen molar-refractivity contribution < 1.29 is 0 Å². The molecule has 2 aromatic heterocycles. The monoisotopic (exact) mass is 365 g/mol. The average molecular weight is 367 g/mol. The molecular formula is C16H17BrClN3. The first-order valence-electron chi connectivity index (χ1n) is 6.70. The molecule has 0 fully saturated rings. The first-order valence-corrected chi connectivity index (χ1v) is 7.49. The number of rotatable bonds is 5. The Morgan fingerprint density at radius 3 is 2.81 bits per heavy atom. The summed E-state index contributed by atoms with van der Waals surface area (Å²) >= 11 is 3.39. The minimum Gasteiger partial charge on any atom is -0.361 e. The number of aromatic amines is 1. The highest BCUT2D eigenvalue weighted by Crippen LogP contribution is 2.17. The molecule has 0 aliphatic heterocycles. The van der Waals surface area contributed by atoms with E-state index < -0.39 is 0 Å². The number of nitrogens with one attached hydrogen (secondary N) is 2. The molecular weight excluding hydrogens is 350 g/mol. The van der Waals surface area contributed by atoms with Crippen molar-refractivity contribution in [2.45, 2.75) is 13.0 Å². The Morgan fingerprint density at radius 2 is 1.95 bits per heavy atom. The van der Waals surface area contributed by atoms with Crippen LogP contribution in [0.3, 0.4) is 0 Å². The summed E-state index contributed by atoms with van der Waals surface area (Å²) in [6.07, 6.45) is 3.11. The molecule has 2 heterocycles. The van der Waals surface area contributed by atoms with Gasteiger partial charge in [-0.1, -0.05) is 24.3 Å². The number of hydrogen-bond donors (Lipinski definition) is 2. The highest BCUT2D eigenvalue weighted by atomic mass is 79.9. The van der Waals surface area contributed by atoms with Crippen LogP contribution in [0.25, 0.3) is 10.9 Å². The molecule has 0 unspecified atom stereocenters. The predicted molar refractivity (Wildman–Crippen MR) is 92.9 cm³/mol. The van der Waals surface area contributed by atoms with Gasteiger partial charge in [0.2, 0.25) is 0 Å². The van der Waals surface area contributed by atoms with Crippen LogP contribution in [0, 0.1) is 0 Å². The van der Waals surface area contributed by atoms with E-state index >= 15 is 0 Å². The summed E-state index contributed by atoms with van der Waals surface area (Å²) < 4.78 is 0.883. The maximum Gasteiger partial charge on any atom is 0.106 e. The molecule has 0 amide bonds. The SMILES string of the molecule is Brc1cccc(CNCCc2c[nH]c3ccccc23)n1.Cl. The quantitative estimate of drug-likeness (QED) is 0.528. The number of para-hydroxylation sites is 1. The minimum atomic E-state index is 0. The fraction of sp³-hybridized carbons (Fsp3) is 0.188. The van der Waals surface area contributed by atoms with Gasteiger partial charge in [0.05, 0.1) is 5.69 Å². The van der Waals surface area contributed by atoms with Crippen molar-refractivity contribution in [2.24, 2.45) is 0 Å². The van der Waals surface area contributed by atoms with Crippen molar-refractivity contribution in [1.82, 2.24) is 15.3 Å². The van der Waals surface area contributed by atoms with Crippen LogP contribution in [0.4, 0.5) is 0 Å². The zero-order chi connectivity index (χ0) is 13.8. The van der Waals surface area contributed by atoms with Gasteiger partial charge in [-0.05, 0) is 52.7 Å². The van der Waals surface area contributed by atoms with Crippen LogP contribution in [-0.2, 0) is 13.0 Å². The van der Waals surface area contributed by atoms with Crippen LogP contribution in [-0.4, -0.2) is 16.5 Å². The van der Waals surface area contributed by atoms with Crippen molar-refractivity contribution in [1.29, 1.82) is 0 Å². The Labute approximate surface area is 138 Å². The molecule has 110 valence electrons. The number of halogens is 2. The smallest absolute Gasteiger partial charge is 0.106 e. The number of nitrogens with zero attached hydrogens (tertiary/aromatic N) is 1. The van der Waals surface area contributed by atoms with E-state index in [9.17, 15) is 0 Å². The maximum atomic E-state index is 4.41. The molecule has 2 N–H and O–H groups in total. The minimum absolute atomic E-state index is 0. The van der Waals surface area contributed by atoms with Gasteiger partial charge in [0.25, 0.3) is 0 Å². The van der Waals surface area contributed by atoms with Crippen LogP contribution in [0.2, 0.25) is 0 Å². The van der Waals surface area contributed by atoms with Crippen LogP contribution in [0.1, 0.15) is 11.3 Å². The Bertz CT molecular complexity index is 711. The summed E-state index contributed by atoms with van der Waals surface area (Å²) in [6, 6.07) is 14.4. The van der Waals surface area contributed by atoms with E-state index in [2.05, 4.69) is 61.7 Å². The summed E-state index contributed by atoms with van der Waals surface area (Å²) in [4.78, 5) is 7.71. The van der Waals surface area contributed by atoms with Gasteiger partial charge in [-0.2, -0.15) is 0 Å². The fourth-order valence-electron chi connectivity index (χ4n) is 2.33. The molecule has 3 rings (SSSR count). The molecule has 0 aliphatic carbocycles. The van der Waals surface area contributed by atoms with E-state index in [1.54, 1.807) is 0 Å². The van der Waals surface area contributed by atoms with E-state index in [0.29, 0.717) is 0 Å². The zero-order valence-electron chi connectivity index (χ0n) is 11.5. The summed E-state index contributed by atoms with van der Waals surface area (Å²) in [7, 11) is 0. The molecule has 3 nitrogen and oxygen atoms in total. The molecule has 3 aromatic rings. The second kappa shape index (κ2) is 7.59. The van der Waals surface area contributed by atoms with E-state index in [1.165, 1.54) is 16.5 Å². The Morgan fingerprint density at radius 1 is 1.10 bits per heavy atom. The molecule has 1 aromatic carbocycles. The van der Waals surface area contributed by atoms with E-state index in [-0.39, 0.29) is 12.4 Å². The lowest BCUT2D eigenvalue weighted by Crippen LogP contribution is -2.17. The van der Waals surface area contributed by atoms with Gasteiger partial charge >= 0.3 is 0 Å². The largest absolute Gasteiger partial charge is 0.361 e. The van der Waals surface area contributed by atoms with E-state index in [1.807, 2.05) is 18.2 Å². The van der Waals surface area contributed by atoms with Gasteiger partial charge in [-0.25, -0.2) is 4.98 Å². The van der Waals surface area contributed by atoms with Crippen molar-refractivity contribution in [3.05, 3.63) is 64.5 Å². The second-order valence-corrected chi connectivity index (χ2v) is 5.55. The van der Waals surface area contributed by atoms with Crippen molar-refractivity contribution in [3.8, 4) is 0 Å². The van der Waals surface area contributed by atoms with Crippen LogP contribution in [0.5, 0.6) is 0 Å². The molecule has 0 atom stereocenters. The van der Waals surface area contributed by atoms with E-state index in [4.69, 9.17) is 0 Å². The topological polar surface area (TPSA) is 40.7 Å². The molecule has 0 spiro atoms. The molecule has 0 aliphatic rings. The maximum absolute atomic E-state index is 4.41. The normalized spacial score (nSPS) is 10.5. The molecule has 0 saturated heterocycles. The van der Waals surface area contributed by atoms with Gasteiger partial charge in [-0.15, -0.1) is 12.4 Å². The first kappa shape index (κ1) is 16.0. The van der Waals surface area contributed by atoms with Crippen molar-refractivity contribution in [3.63, 3.8) is 0 Å². The predicted octanol–water partition coefficient (Wildman–Crippen LogP) is 4.08. The second-order valence-electron chi connectivity index (χ2n) is 4.74. The van der Waals surface area contributed by atoms with Crippen LogP contribution >= 0.6 is 28.3 Å². The number of fused-ring (bicyclic) bond motifs is 1. The third-order valence-corrected chi connectivity index (χ3v) is 3.77. The van der Waals surface area contributed by atoms with Crippen LogP contribution < -0.4 is 5.32 Å². The summed E-state index contributed by atoms with van der Waals surface area (Å²) in [5, 5.41) is 4.75. The lowest BCUT2D eigenvalue weighted by molar-refractivity contribution is 0.675. The number of benzene rings is 1. The van der Waals surface area contributed by atoms with Gasteiger partial charge < -0.3 is 10.3 Å². The molecule has 0 saturated carbocycles. The van der Waals surface area contributed by atoms with Crippen molar-refractivity contribution in [2.75, 3.05) is 6.54 Å². The number of pyridine rings is 1. The zero-order valence-corrected chi connectivity index (χ0v) is 13.9. The van der Waals surface area contributed by atoms with Crippen LogP contribution in [0.15, 0.2) is 53.3 Å². The number of H-pyrrole nitrogens is 1. The van der Waals surface area contributed by atoms with Gasteiger partial charge in [0.1, 0.15) is 4.60 Å². The number of aromatic nitrogens is 2. The molecule has 0 radical (unpaired) electrons. The Kier molecular flexibility index (Phi) is 5.79. The van der Waals surface area contributed by atoms with Crippen molar-refractivity contribution >= 4 is 39.2 Å². The Hall–Kier alpha value is -1.36. The average Bonchev–Trinajstić information content (AvgIpc) is 2.87. The molecule has 21 heavy (non-hydrogen) atoms. The molecule has 5 heteroatoms. The van der Waals surface area contributed by atoms with Gasteiger partial charge in [-0.3, -0.25) is 0 Å².